The second-order valence-electron chi connectivity index (χ2n) is 9.19. The van der Waals surface area contributed by atoms with Crippen molar-refractivity contribution in [1.82, 2.24) is 9.80 Å². The Balaban J connectivity index is 1.38. The highest BCUT2D eigenvalue weighted by molar-refractivity contribution is 6.30. The van der Waals surface area contributed by atoms with Crippen LogP contribution in [-0.4, -0.2) is 54.4 Å². The summed E-state index contributed by atoms with van der Waals surface area (Å²) >= 11 is 5.87. The quantitative estimate of drug-likeness (QED) is 0.538. The van der Waals surface area contributed by atoms with Crippen LogP contribution in [0.15, 0.2) is 42.5 Å². The van der Waals surface area contributed by atoms with Gasteiger partial charge in [0.1, 0.15) is 17.4 Å². The van der Waals surface area contributed by atoms with Crippen molar-refractivity contribution < 1.29 is 23.1 Å². The largest absolute Gasteiger partial charge is 0.484 e. The summed E-state index contributed by atoms with van der Waals surface area (Å²) in [6.07, 6.45) is 3.49. The summed E-state index contributed by atoms with van der Waals surface area (Å²) in [6, 6.07) is 10.2. The minimum Gasteiger partial charge on any atom is -0.484 e. The van der Waals surface area contributed by atoms with E-state index in [1.807, 2.05) is 0 Å². The van der Waals surface area contributed by atoms with Gasteiger partial charge >= 0.3 is 0 Å². The molecule has 2 aromatic rings. The first kappa shape index (κ1) is 24.5. The maximum absolute atomic E-state index is 14.4. The summed E-state index contributed by atoms with van der Waals surface area (Å²) in [6.45, 7) is 1.03. The number of hydrogen-bond donors (Lipinski definition) is 0. The van der Waals surface area contributed by atoms with Crippen molar-refractivity contribution in [2.24, 2.45) is 11.8 Å². The van der Waals surface area contributed by atoms with Crippen LogP contribution in [0.2, 0.25) is 5.02 Å². The number of halogens is 3. The number of carbonyl (C=O) groups excluding carboxylic acids is 2. The van der Waals surface area contributed by atoms with Crippen molar-refractivity contribution in [3.63, 3.8) is 0 Å². The van der Waals surface area contributed by atoms with Crippen LogP contribution >= 0.6 is 11.6 Å². The molecule has 1 aliphatic heterocycles. The van der Waals surface area contributed by atoms with Crippen molar-refractivity contribution in [3.8, 4) is 5.75 Å². The molecule has 2 aliphatic rings. The third kappa shape index (κ3) is 6.06. The molecule has 8 heteroatoms. The van der Waals surface area contributed by atoms with Gasteiger partial charge in [-0.05, 0) is 73.9 Å². The van der Waals surface area contributed by atoms with Gasteiger partial charge in [-0.25, -0.2) is 8.78 Å². The maximum Gasteiger partial charge on any atom is 0.260 e. The normalized spacial score (nSPS) is 17.4. The lowest BCUT2D eigenvalue weighted by molar-refractivity contribution is -0.138. The van der Waals surface area contributed by atoms with Crippen LogP contribution in [0.4, 0.5) is 8.78 Å². The Bertz CT molecular complexity index is 1020. The summed E-state index contributed by atoms with van der Waals surface area (Å²) in [4.78, 5) is 29.0. The van der Waals surface area contributed by atoms with E-state index in [0.29, 0.717) is 48.7 Å². The number of carbonyl (C=O) groups is 2. The Morgan fingerprint density at radius 2 is 1.76 bits per heavy atom. The van der Waals surface area contributed by atoms with Crippen LogP contribution in [0.5, 0.6) is 5.75 Å². The summed E-state index contributed by atoms with van der Waals surface area (Å²) in [5.74, 6) is -0.485. The van der Waals surface area contributed by atoms with Crippen LogP contribution in [0.1, 0.15) is 31.2 Å². The third-order valence-electron chi connectivity index (χ3n) is 6.83. The van der Waals surface area contributed by atoms with Crippen molar-refractivity contribution in [3.05, 3.63) is 64.7 Å². The molecule has 4 rings (SSSR count). The molecule has 1 aliphatic carbocycles. The van der Waals surface area contributed by atoms with E-state index in [9.17, 15) is 18.4 Å². The maximum atomic E-state index is 14.4. The number of ether oxygens (including phenoxy) is 1. The molecule has 1 saturated heterocycles. The van der Waals surface area contributed by atoms with Crippen molar-refractivity contribution in [2.45, 2.75) is 38.1 Å². The summed E-state index contributed by atoms with van der Waals surface area (Å²) in [5, 5.41) is 0.598. The lowest BCUT2D eigenvalue weighted by Gasteiger charge is -2.40. The Hall–Kier alpha value is -2.67. The zero-order valence-corrected chi connectivity index (χ0v) is 19.9. The molecule has 2 aromatic carbocycles. The number of amides is 2. The number of hydrogen-bond acceptors (Lipinski definition) is 3. The van der Waals surface area contributed by atoms with Gasteiger partial charge in [0.15, 0.2) is 6.61 Å². The van der Waals surface area contributed by atoms with Crippen LogP contribution in [0.25, 0.3) is 0 Å². The van der Waals surface area contributed by atoms with Gasteiger partial charge in [-0.1, -0.05) is 17.7 Å². The zero-order chi connectivity index (χ0) is 24.2. The first-order valence-electron chi connectivity index (χ1n) is 11.7. The third-order valence-corrected chi connectivity index (χ3v) is 7.08. The predicted octanol–water partition coefficient (Wildman–Crippen LogP) is 4.72. The van der Waals surface area contributed by atoms with Crippen molar-refractivity contribution >= 4 is 23.4 Å². The average Bonchev–Trinajstić information content (AvgIpc) is 3.68. The molecule has 0 N–H and O–H groups in total. The fourth-order valence-corrected chi connectivity index (χ4v) is 4.74. The SMILES string of the molecule is CN(C(=O)C1CC1)C(Cc1ccc(F)cc1F)C1CCN(C(=O)COc2ccc(Cl)cc2)CC1. The molecule has 182 valence electrons. The number of likely N-dealkylation sites (tertiary alicyclic amines) is 1. The molecule has 0 spiro atoms. The van der Waals surface area contributed by atoms with E-state index in [4.69, 9.17) is 16.3 Å². The van der Waals surface area contributed by atoms with Crippen molar-refractivity contribution in [1.29, 1.82) is 0 Å². The minimum atomic E-state index is -0.618. The van der Waals surface area contributed by atoms with Gasteiger partial charge < -0.3 is 14.5 Å². The first-order chi connectivity index (χ1) is 16.3. The molecule has 1 unspecified atom stereocenters. The summed E-state index contributed by atoms with van der Waals surface area (Å²) in [5.41, 5.74) is 0.400. The number of piperidine rings is 1. The molecule has 0 bridgehead atoms. The molecule has 0 aromatic heterocycles. The predicted molar refractivity (Wildman–Crippen MR) is 126 cm³/mol. The number of benzene rings is 2. The lowest BCUT2D eigenvalue weighted by atomic mass is 9.84. The zero-order valence-electron chi connectivity index (χ0n) is 19.2. The number of likely N-dealkylation sites (N-methyl/N-ethyl adjacent to an activating group) is 1. The van der Waals surface area contributed by atoms with Crippen LogP contribution < -0.4 is 4.74 Å². The van der Waals surface area contributed by atoms with Gasteiger partial charge in [-0.15, -0.1) is 0 Å². The average molecular weight is 491 g/mol. The van der Waals surface area contributed by atoms with Crippen molar-refractivity contribution in [2.75, 3.05) is 26.7 Å². The Labute approximate surface area is 203 Å². The van der Waals surface area contributed by atoms with E-state index in [2.05, 4.69) is 0 Å². The highest BCUT2D eigenvalue weighted by Gasteiger charge is 2.38. The lowest BCUT2D eigenvalue weighted by Crippen LogP contribution is -2.49. The molecule has 2 fully saturated rings. The van der Waals surface area contributed by atoms with Gasteiger partial charge in [-0.2, -0.15) is 0 Å². The van der Waals surface area contributed by atoms with Crippen LogP contribution in [0, 0.1) is 23.5 Å². The highest BCUT2D eigenvalue weighted by Crippen LogP contribution is 2.34. The topological polar surface area (TPSA) is 49.9 Å². The van der Waals surface area contributed by atoms with E-state index in [1.165, 1.54) is 12.1 Å². The molecule has 1 heterocycles. The molecule has 34 heavy (non-hydrogen) atoms. The minimum absolute atomic E-state index is 0.0530. The standard InChI is InChI=1S/C26H29ClF2N2O3/c1-30(26(33)18-2-3-18)24(14-19-4-7-21(28)15-23(19)29)17-10-12-31(13-11-17)25(32)16-34-22-8-5-20(27)6-9-22/h4-9,15,17-18,24H,2-3,10-14,16H2,1H3. The molecular weight excluding hydrogens is 462 g/mol. The molecular formula is C26H29ClF2N2O3. The van der Waals surface area contributed by atoms with Gasteiger partial charge in [0.05, 0.1) is 0 Å². The number of rotatable bonds is 8. The van der Waals surface area contributed by atoms with Crippen LogP contribution in [0.3, 0.4) is 0 Å². The Kier molecular flexibility index (Phi) is 7.71. The molecule has 2 amide bonds. The fourth-order valence-electron chi connectivity index (χ4n) is 4.61. The van der Waals surface area contributed by atoms with E-state index >= 15 is 0 Å². The smallest absolute Gasteiger partial charge is 0.260 e. The molecule has 1 atom stereocenters. The Morgan fingerprint density at radius 3 is 2.38 bits per heavy atom. The second-order valence-corrected chi connectivity index (χ2v) is 9.63. The Morgan fingerprint density at radius 1 is 1.09 bits per heavy atom. The molecule has 5 nitrogen and oxygen atoms in total. The van der Waals surface area contributed by atoms with Gasteiger partial charge in [0, 0.05) is 43.2 Å². The van der Waals surface area contributed by atoms with E-state index in [-0.39, 0.29) is 36.3 Å². The van der Waals surface area contributed by atoms with E-state index < -0.39 is 11.6 Å². The monoisotopic (exact) mass is 490 g/mol. The van der Waals surface area contributed by atoms with Crippen LogP contribution in [-0.2, 0) is 16.0 Å². The molecule has 0 radical (unpaired) electrons. The fraction of sp³-hybridized carbons (Fsp3) is 0.462. The van der Waals surface area contributed by atoms with E-state index in [1.54, 1.807) is 41.1 Å². The highest BCUT2D eigenvalue weighted by atomic mass is 35.5. The van der Waals surface area contributed by atoms with E-state index in [0.717, 1.165) is 18.9 Å². The first-order valence-corrected chi connectivity index (χ1v) is 12.1. The van der Waals surface area contributed by atoms with Gasteiger partial charge in [0.25, 0.3) is 5.91 Å². The van der Waals surface area contributed by atoms with Gasteiger partial charge in [-0.3, -0.25) is 9.59 Å². The summed E-state index contributed by atoms with van der Waals surface area (Å²) < 4.78 is 33.4. The molecule has 1 saturated carbocycles. The van der Waals surface area contributed by atoms with Gasteiger partial charge in [0.2, 0.25) is 5.91 Å². The summed E-state index contributed by atoms with van der Waals surface area (Å²) in [7, 11) is 1.78. The second kappa shape index (κ2) is 10.7. The number of nitrogens with zero attached hydrogens (tertiary/aromatic N) is 2.